The number of amides is 2. The van der Waals surface area contributed by atoms with Gasteiger partial charge in [0.2, 0.25) is 0 Å². The molecule has 0 radical (unpaired) electrons. The van der Waals surface area contributed by atoms with Gasteiger partial charge in [-0.2, -0.15) is 13.2 Å². The molecule has 0 aliphatic carbocycles. The van der Waals surface area contributed by atoms with Crippen molar-refractivity contribution in [2.45, 2.75) is 17.6 Å². The number of rotatable bonds is 5. The van der Waals surface area contributed by atoms with Gasteiger partial charge in [0.1, 0.15) is 0 Å². The summed E-state index contributed by atoms with van der Waals surface area (Å²) in [6, 6.07) is 27.6. The molecule has 4 aromatic rings. The fourth-order valence-corrected chi connectivity index (χ4v) is 6.61. The van der Waals surface area contributed by atoms with Crippen LogP contribution in [0.1, 0.15) is 27.0 Å². The van der Waals surface area contributed by atoms with Gasteiger partial charge in [-0.05, 0) is 71.8 Å². The van der Waals surface area contributed by atoms with Gasteiger partial charge in [0.05, 0.1) is 22.7 Å². The molecule has 0 saturated carbocycles. The lowest BCUT2D eigenvalue weighted by atomic mass is 10.1. The number of carbonyl (C=O) groups excluding carboxylic acids is 2. The molecule has 5 nitrogen and oxygen atoms in total. The molecule has 2 aliphatic rings. The van der Waals surface area contributed by atoms with Crippen LogP contribution in [-0.4, -0.2) is 42.9 Å². The van der Waals surface area contributed by atoms with Crippen LogP contribution in [-0.2, 0) is 17.5 Å². The summed E-state index contributed by atoms with van der Waals surface area (Å²) in [5, 5.41) is 0.609. The number of alkyl halides is 3. The minimum Gasteiger partial charge on any atom is -0.368 e. The second-order valence-electron chi connectivity index (χ2n) is 10.5. The first-order chi connectivity index (χ1) is 21.2. The van der Waals surface area contributed by atoms with Crippen molar-refractivity contribution in [3.8, 4) is 0 Å². The maximum Gasteiger partial charge on any atom is 0.416 e. The Hall–Kier alpha value is -4.21. The van der Waals surface area contributed by atoms with Crippen LogP contribution < -0.4 is 9.80 Å². The Morgan fingerprint density at radius 2 is 1.59 bits per heavy atom. The summed E-state index contributed by atoms with van der Waals surface area (Å²) in [4.78, 5) is 33.7. The molecule has 2 amide bonds. The number of para-hydroxylation sites is 1. The number of halogens is 4. The summed E-state index contributed by atoms with van der Waals surface area (Å²) in [7, 11) is 0. The molecule has 224 valence electrons. The summed E-state index contributed by atoms with van der Waals surface area (Å²) < 4.78 is 39.4. The molecule has 0 bridgehead atoms. The monoisotopic (exact) mass is 633 g/mol. The fraction of sp³-hybridized carbons (Fsp3) is 0.176. The number of nitrogens with zero attached hydrogens (tertiary/aromatic N) is 3. The minimum atomic E-state index is -4.40. The van der Waals surface area contributed by atoms with E-state index in [-0.39, 0.29) is 11.8 Å². The SMILES string of the molecule is O=C(c1ccc(C=C2Sc3ccccc3N(Cc3cccc(Cl)c3)C2=O)cc1)N1CCN(c2cccc(C(F)(F)F)c2)CC1. The maximum absolute atomic E-state index is 13.6. The van der Waals surface area contributed by atoms with Gasteiger partial charge in [-0.25, -0.2) is 0 Å². The van der Waals surface area contributed by atoms with Crippen LogP contribution in [0.5, 0.6) is 0 Å². The van der Waals surface area contributed by atoms with Crippen LogP contribution in [0.4, 0.5) is 24.5 Å². The molecular weight excluding hydrogens is 607 g/mol. The molecule has 0 spiro atoms. The van der Waals surface area contributed by atoms with Crippen LogP contribution in [0.3, 0.4) is 0 Å². The van der Waals surface area contributed by atoms with Crippen molar-refractivity contribution in [3.63, 3.8) is 0 Å². The molecule has 0 aromatic heterocycles. The van der Waals surface area contributed by atoms with Crippen molar-refractivity contribution < 1.29 is 22.8 Å². The second kappa shape index (κ2) is 12.4. The quantitative estimate of drug-likeness (QED) is 0.209. The Balaban J connectivity index is 1.14. The first kappa shape index (κ1) is 29.8. The lowest BCUT2D eigenvalue weighted by molar-refractivity contribution is -0.137. The van der Waals surface area contributed by atoms with Crippen LogP contribution in [0, 0.1) is 0 Å². The average molecular weight is 634 g/mol. The number of piperazine rings is 1. The third kappa shape index (κ3) is 6.49. The molecular formula is C34H27ClF3N3O2S. The second-order valence-corrected chi connectivity index (χ2v) is 12.1. The van der Waals surface area contributed by atoms with E-state index in [0.717, 1.165) is 33.8 Å². The highest BCUT2D eigenvalue weighted by Gasteiger charge is 2.32. The van der Waals surface area contributed by atoms with E-state index in [0.29, 0.717) is 53.9 Å². The van der Waals surface area contributed by atoms with Crippen LogP contribution in [0.15, 0.2) is 107 Å². The van der Waals surface area contributed by atoms with Crippen molar-refractivity contribution >= 4 is 52.6 Å². The third-order valence-electron chi connectivity index (χ3n) is 7.62. The molecule has 2 aliphatic heterocycles. The van der Waals surface area contributed by atoms with Crippen molar-refractivity contribution in [1.29, 1.82) is 0 Å². The van der Waals surface area contributed by atoms with Crippen LogP contribution in [0.25, 0.3) is 6.08 Å². The third-order valence-corrected chi connectivity index (χ3v) is 8.94. The summed E-state index contributed by atoms with van der Waals surface area (Å²) >= 11 is 7.60. The zero-order valence-corrected chi connectivity index (χ0v) is 25.0. The molecule has 0 N–H and O–H groups in total. The zero-order valence-electron chi connectivity index (χ0n) is 23.4. The summed E-state index contributed by atoms with van der Waals surface area (Å²) in [6.45, 7) is 2.04. The number of thioether (sulfide) groups is 1. The van der Waals surface area contributed by atoms with Gasteiger partial charge >= 0.3 is 6.18 Å². The molecule has 0 unspecified atom stereocenters. The Labute approximate surface area is 262 Å². The summed E-state index contributed by atoms with van der Waals surface area (Å²) in [5.74, 6) is -0.259. The lowest BCUT2D eigenvalue weighted by Crippen LogP contribution is -2.48. The zero-order chi connectivity index (χ0) is 30.8. The first-order valence-corrected chi connectivity index (χ1v) is 15.2. The number of fused-ring (bicyclic) bond motifs is 1. The Morgan fingerprint density at radius 3 is 2.32 bits per heavy atom. The number of hydrogen-bond donors (Lipinski definition) is 0. The summed E-state index contributed by atoms with van der Waals surface area (Å²) in [5.41, 5.74) is 2.87. The molecule has 2 heterocycles. The van der Waals surface area contributed by atoms with Gasteiger partial charge in [-0.1, -0.05) is 65.8 Å². The predicted molar refractivity (Wildman–Crippen MR) is 169 cm³/mol. The van der Waals surface area contributed by atoms with E-state index in [2.05, 4.69) is 0 Å². The molecule has 6 rings (SSSR count). The minimum absolute atomic E-state index is 0.118. The first-order valence-electron chi connectivity index (χ1n) is 14.0. The van der Waals surface area contributed by atoms with Crippen molar-refractivity contribution in [2.24, 2.45) is 0 Å². The number of benzene rings is 4. The van der Waals surface area contributed by atoms with E-state index < -0.39 is 11.7 Å². The highest BCUT2D eigenvalue weighted by molar-refractivity contribution is 8.04. The Kier molecular flexibility index (Phi) is 8.42. The lowest BCUT2D eigenvalue weighted by Gasteiger charge is -2.36. The van der Waals surface area contributed by atoms with Crippen LogP contribution >= 0.6 is 23.4 Å². The molecule has 1 saturated heterocycles. The van der Waals surface area contributed by atoms with Crippen molar-refractivity contribution in [2.75, 3.05) is 36.0 Å². The topological polar surface area (TPSA) is 43.9 Å². The van der Waals surface area contributed by atoms with Gasteiger partial charge < -0.3 is 14.7 Å². The highest BCUT2D eigenvalue weighted by Crippen LogP contribution is 2.42. The van der Waals surface area contributed by atoms with Gasteiger partial charge in [0.25, 0.3) is 11.8 Å². The number of hydrogen-bond acceptors (Lipinski definition) is 4. The van der Waals surface area contributed by atoms with Crippen molar-refractivity contribution in [3.05, 3.63) is 129 Å². The molecule has 44 heavy (non-hydrogen) atoms. The average Bonchev–Trinajstić information content (AvgIpc) is 3.03. The smallest absolute Gasteiger partial charge is 0.368 e. The fourth-order valence-electron chi connectivity index (χ4n) is 5.34. The molecule has 4 aromatic carbocycles. The summed E-state index contributed by atoms with van der Waals surface area (Å²) in [6.07, 6.45) is -2.57. The van der Waals surface area contributed by atoms with Crippen LogP contribution in [0.2, 0.25) is 5.02 Å². The van der Waals surface area contributed by atoms with Gasteiger partial charge in [0.15, 0.2) is 0 Å². The largest absolute Gasteiger partial charge is 0.416 e. The standard InChI is InChI=1S/C34H27ClF3N3O2S/c35-27-7-3-5-24(19-27)22-41-29-9-1-2-10-30(29)44-31(33(41)43)20-23-11-13-25(14-12-23)32(42)40-17-15-39(16-18-40)28-8-4-6-26(21-28)34(36,37)38/h1-14,19-21H,15-18,22H2. The van der Waals surface area contributed by atoms with Crippen molar-refractivity contribution in [1.82, 2.24) is 4.90 Å². The van der Waals surface area contributed by atoms with E-state index in [4.69, 9.17) is 11.6 Å². The van der Waals surface area contributed by atoms with Gasteiger partial charge in [-0.15, -0.1) is 0 Å². The molecule has 0 atom stereocenters. The normalized spacial score (nSPS) is 16.3. The number of carbonyl (C=O) groups is 2. The van der Waals surface area contributed by atoms with Gasteiger partial charge in [-0.3, -0.25) is 9.59 Å². The maximum atomic E-state index is 13.6. The Morgan fingerprint density at radius 1 is 0.864 bits per heavy atom. The van der Waals surface area contributed by atoms with E-state index in [1.807, 2.05) is 65.6 Å². The van der Waals surface area contributed by atoms with E-state index >= 15 is 0 Å². The number of anilines is 2. The van der Waals surface area contributed by atoms with Gasteiger partial charge in [0, 0.05) is 47.3 Å². The van der Waals surface area contributed by atoms with E-state index in [1.165, 1.54) is 17.8 Å². The molecule has 10 heteroatoms. The van der Waals surface area contributed by atoms with E-state index in [1.54, 1.807) is 34.1 Å². The van der Waals surface area contributed by atoms with E-state index in [9.17, 15) is 22.8 Å². The predicted octanol–water partition coefficient (Wildman–Crippen LogP) is 8.00. The highest BCUT2D eigenvalue weighted by atomic mass is 35.5. The Bertz CT molecular complexity index is 1730. The molecule has 1 fully saturated rings.